The molecule has 2 heterocycles. The van der Waals surface area contributed by atoms with Crippen LogP contribution in [0, 0.1) is 0 Å². The Morgan fingerprint density at radius 2 is 1.84 bits per heavy atom. The fourth-order valence-electron chi connectivity index (χ4n) is 4.10. The van der Waals surface area contributed by atoms with E-state index in [9.17, 15) is 22.8 Å². The summed E-state index contributed by atoms with van der Waals surface area (Å²) in [6, 6.07) is 11.3. The maximum Gasteiger partial charge on any atom is 0.416 e. The van der Waals surface area contributed by atoms with Gasteiger partial charge in [-0.3, -0.25) is 14.2 Å². The van der Waals surface area contributed by atoms with E-state index < -0.39 is 29.8 Å². The summed E-state index contributed by atoms with van der Waals surface area (Å²) in [6.07, 6.45) is -3.07. The Hall–Kier alpha value is -3.76. The number of nitrogens with zero attached hydrogens (tertiary/aromatic N) is 3. The molecule has 0 aliphatic rings. The summed E-state index contributed by atoms with van der Waals surface area (Å²) in [5, 5.41) is 6.38. The van der Waals surface area contributed by atoms with Gasteiger partial charge in [0.05, 0.1) is 10.9 Å². The van der Waals surface area contributed by atoms with Crippen LogP contribution in [0.4, 0.5) is 13.2 Å². The summed E-state index contributed by atoms with van der Waals surface area (Å²) in [5.74, 6) is -0.570. The second kappa shape index (κ2) is 10.9. The largest absolute Gasteiger partial charge is 0.416 e. The first-order chi connectivity index (χ1) is 18.0. The fraction of sp³-hybridized carbons (Fsp3) is 0.259. The van der Waals surface area contributed by atoms with Gasteiger partial charge in [-0.05, 0) is 68.4 Å². The molecule has 1 amide bonds. The van der Waals surface area contributed by atoms with E-state index in [-0.39, 0.29) is 28.5 Å². The minimum Gasteiger partial charge on any atom is -0.352 e. The van der Waals surface area contributed by atoms with E-state index >= 15 is 0 Å². The Morgan fingerprint density at radius 1 is 1.08 bits per heavy atom. The number of fused-ring (bicyclic) bond motifs is 1. The van der Waals surface area contributed by atoms with Crippen molar-refractivity contribution in [3.05, 3.63) is 81.2 Å². The summed E-state index contributed by atoms with van der Waals surface area (Å²) in [7, 11) is 1.81. The van der Waals surface area contributed by atoms with Crippen molar-refractivity contribution >= 4 is 28.5 Å². The van der Waals surface area contributed by atoms with Crippen molar-refractivity contribution in [3.8, 4) is 22.5 Å². The summed E-state index contributed by atoms with van der Waals surface area (Å²) in [6.45, 7) is 3.67. The van der Waals surface area contributed by atoms with Crippen molar-refractivity contribution in [1.29, 1.82) is 0 Å². The molecule has 2 N–H and O–H groups in total. The second-order valence-corrected chi connectivity index (χ2v) is 9.54. The van der Waals surface area contributed by atoms with Crippen LogP contribution in [0.5, 0.6) is 0 Å². The average Bonchev–Trinajstić information content (AvgIpc) is 2.84. The molecule has 0 aliphatic carbocycles. The van der Waals surface area contributed by atoms with Crippen molar-refractivity contribution in [2.24, 2.45) is 0 Å². The predicted octanol–water partition coefficient (Wildman–Crippen LogP) is 5.04. The standard InChI is InChI=1S/C27H25ClF3N5O2/c1-15(2)34-23(37)14-36-25(17-5-4-6-20(9-17)27(29,30)31)35-24-22(26(36)38)11-19(13-33-24)18-7-16(12-32-3)8-21(28)10-18/h4-11,13,15,32H,12,14H2,1-3H3,(H,34,37). The topological polar surface area (TPSA) is 88.9 Å². The number of nitrogens with one attached hydrogen (secondary N) is 2. The summed E-state index contributed by atoms with van der Waals surface area (Å²) in [5.41, 5.74) is 0.829. The minimum atomic E-state index is -4.59. The fourth-order valence-corrected chi connectivity index (χ4v) is 4.36. The Labute approximate surface area is 221 Å². The molecular formula is C27H25ClF3N5O2. The lowest BCUT2D eigenvalue weighted by atomic mass is 10.0. The van der Waals surface area contributed by atoms with E-state index in [1.807, 2.05) is 19.2 Å². The lowest BCUT2D eigenvalue weighted by Gasteiger charge is -2.16. The van der Waals surface area contributed by atoms with Crippen LogP contribution in [0.3, 0.4) is 0 Å². The van der Waals surface area contributed by atoms with Crippen LogP contribution < -0.4 is 16.2 Å². The summed E-state index contributed by atoms with van der Waals surface area (Å²) < 4.78 is 41.3. The highest BCUT2D eigenvalue weighted by molar-refractivity contribution is 6.31. The molecule has 0 aliphatic heterocycles. The van der Waals surface area contributed by atoms with Gasteiger partial charge in [0.2, 0.25) is 5.91 Å². The van der Waals surface area contributed by atoms with E-state index in [1.165, 1.54) is 18.3 Å². The van der Waals surface area contributed by atoms with Gasteiger partial charge in [-0.25, -0.2) is 9.97 Å². The highest BCUT2D eigenvalue weighted by Crippen LogP contribution is 2.32. The molecule has 4 aromatic rings. The molecule has 0 spiro atoms. The van der Waals surface area contributed by atoms with Crippen LogP contribution in [0.1, 0.15) is 25.0 Å². The predicted molar refractivity (Wildman–Crippen MR) is 141 cm³/mol. The van der Waals surface area contributed by atoms with Crippen molar-refractivity contribution in [2.75, 3.05) is 7.05 Å². The number of hydrogen-bond donors (Lipinski definition) is 2. The Morgan fingerprint density at radius 3 is 2.53 bits per heavy atom. The highest BCUT2D eigenvalue weighted by atomic mass is 35.5. The molecule has 198 valence electrons. The van der Waals surface area contributed by atoms with Crippen LogP contribution in [-0.2, 0) is 24.1 Å². The lowest BCUT2D eigenvalue weighted by Crippen LogP contribution is -2.37. The molecule has 0 unspecified atom stereocenters. The van der Waals surface area contributed by atoms with Gasteiger partial charge in [-0.1, -0.05) is 23.7 Å². The molecule has 0 radical (unpaired) electrons. The highest BCUT2D eigenvalue weighted by Gasteiger charge is 2.31. The monoisotopic (exact) mass is 543 g/mol. The number of aromatic nitrogens is 3. The first-order valence-corrected chi connectivity index (χ1v) is 12.2. The van der Waals surface area contributed by atoms with Crippen LogP contribution in [0.25, 0.3) is 33.5 Å². The number of halogens is 4. The summed E-state index contributed by atoms with van der Waals surface area (Å²) in [4.78, 5) is 35.1. The molecule has 2 aromatic carbocycles. The van der Waals surface area contributed by atoms with E-state index in [0.717, 1.165) is 27.8 Å². The van der Waals surface area contributed by atoms with Crippen LogP contribution in [-0.4, -0.2) is 33.5 Å². The first-order valence-electron chi connectivity index (χ1n) is 11.8. The van der Waals surface area contributed by atoms with Crippen molar-refractivity contribution in [2.45, 2.75) is 39.2 Å². The number of carbonyl (C=O) groups is 1. The zero-order valence-electron chi connectivity index (χ0n) is 20.9. The maximum absolute atomic E-state index is 13.7. The van der Waals surface area contributed by atoms with Crippen LogP contribution in [0.15, 0.2) is 59.5 Å². The normalized spacial score (nSPS) is 11.8. The second-order valence-electron chi connectivity index (χ2n) is 9.10. The summed E-state index contributed by atoms with van der Waals surface area (Å²) >= 11 is 6.29. The third-order valence-corrected chi connectivity index (χ3v) is 5.90. The molecule has 38 heavy (non-hydrogen) atoms. The van der Waals surface area contributed by atoms with Crippen molar-refractivity contribution in [1.82, 2.24) is 25.2 Å². The maximum atomic E-state index is 13.7. The number of hydrogen-bond acceptors (Lipinski definition) is 5. The van der Waals surface area contributed by atoms with Crippen molar-refractivity contribution in [3.63, 3.8) is 0 Å². The Kier molecular flexibility index (Phi) is 7.84. The van der Waals surface area contributed by atoms with Gasteiger partial charge in [0, 0.05) is 34.9 Å². The third kappa shape index (κ3) is 6.03. The molecule has 4 rings (SSSR count). The molecular weight excluding hydrogens is 519 g/mol. The zero-order valence-corrected chi connectivity index (χ0v) is 21.6. The smallest absolute Gasteiger partial charge is 0.352 e. The lowest BCUT2D eigenvalue weighted by molar-refractivity contribution is -0.137. The van der Waals surface area contributed by atoms with E-state index in [2.05, 4.69) is 20.6 Å². The number of rotatable bonds is 7. The van der Waals surface area contributed by atoms with Crippen LogP contribution in [0.2, 0.25) is 5.02 Å². The third-order valence-electron chi connectivity index (χ3n) is 5.68. The van der Waals surface area contributed by atoms with Gasteiger partial charge in [-0.2, -0.15) is 13.2 Å². The van der Waals surface area contributed by atoms with Crippen molar-refractivity contribution < 1.29 is 18.0 Å². The SMILES string of the molecule is CNCc1cc(Cl)cc(-c2cnc3nc(-c4cccc(C(F)(F)F)c4)n(CC(=O)NC(C)C)c(=O)c3c2)c1. The van der Waals surface area contributed by atoms with Gasteiger partial charge in [-0.15, -0.1) is 0 Å². The van der Waals surface area contributed by atoms with Gasteiger partial charge in [0.25, 0.3) is 5.56 Å². The number of pyridine rings is 1. The molecule has 0 fully saturated rings. The number of carbonyl (C=O) groups excluding carboxylic acids is 1. The average molecular weight is 544 g/mol. The molecule has 2 aromatic heterocycles. The van der Waals surface area contributed by atoms with Gasteiger partial charge < -0.3 is 10.6 Å². The van der Waals surface area contributed by atoms with E-state index in [4.69, 9.17) is 11.6 Å². The number of amides is 1. The molecule has 11 heteroatoms. The number of benzene rings is 2. The molecule has 0 atom stereocenters. The molecule has 7 nitrogen and oxygen atoms in total. The Balaban J connectivity index is 1.92. The van der Waals surface area contributed by atoms with E-state index in [1.54, 1.807) is 26.0 Å². The first kappa shape index (κ1) is 27.3. The molecule has 0 saturated heterocycles. The Bertz CT molecular complexity index is 1570. The van der Waals surface area contributed by atoms with Gasteiger partial charge >= 0.3 is 6.18 Å². The number of alkyl halides is 3. The minimum absolute atomic E-state index is 0.0357. The molecule has 0 saturated carbocycles. The van der Waals surface area contributed by atoms with Gasteiger partial charge in [0.15, 0.2) is 5.65 Å². The quantitative estimate of drug-likeness (QED) is 0.341. The van der Waals surface area contributed by atoms with Crippen LogP contribution >= 0.6 is 11.6 Å². The van der Waals surface area contributed by atoms with E-state index in [0.29, 0.717) is 17.1 Å². The zero-order chi connectivity index (χ0) is 27.6. The molecule has 0 bridgehead atoms. The van der Waals surface area contributed by atoms with Gasteiger partial charge in [0.1, 0.15) is 12.4 Å².